The number of nitrogens with zero attached hydrogens (tertiary/aromatic N) is 5. The number of fused-ring (bicyclic) bond motifs is 1. The Balaban J connectivity index is 1.49. The minimum atomic E-state index is -0.218. The SMILES string of the molecule is CC1CN(c2ccc(CNc3ncnc4c3cnn4C)cc2F)CC(C)O1. The molecule has 0 amide bonds. The van der Waals surface area contributed by atoms with Crippen LogP contribution in [0.3, 0.4) is 0 Å². The number of anilines is 2. The lowest BCUT2D eigenvalue weighted by Crippen LogP contribution is -2.45. The molecule has 0 radical (unpaired) electrons. The Morgan fingerprint density at radius 3 is 2.74 bits per heavy atom. The molecule has 1 fully saturated rings. The van der Waals surface area contributed by atoms with Crippen LogP contribution in [0.5, 0.6) is 0 Å². The summed E-state index contributed by atoms with van der Waals surface area (Å²) in [6.07, 6.45) is 3.40. The molecular weight excluding hydrogens is 347 g/mol. The van der Waals surface area contributed by atoms with E-state index in [0.717, 1.165) is 16.6 Å². The summed E-state index contributed by atoms with van der Waals surface area (Å²) in [7, 11) is 1.83. The summed E-state index contributed by atoms with van der Waals surface area (Å²) in [6.45, 7) is 5.88. The highest BCUT2D eigenvalue weighted by Gasteiger charge is 2.24. The molecule has 2 aromatic heterocycles. The van der Waals surface area contributed by atoms with Crippen LogP contribution in [0.15, 0.2) is 30.7 Å². The van der Waals surface area contributed by atoms with Gasteiger partial charge in [0.15, 0.2) is 5.65 Å². The van der Waals surface area contributed by atoms with Crippen molar-refractivity contribution in [2.75, 3.05) is 23.3 Å². The molecule has 1 aliphatic heterocycles. The number of halogens is 1. The smallest absolute Gasteiger partial charge is 0.163 e. The lowest BCUT2D eigenvalue weighted by Gasteiger charge is -2.37. The summed E-state index contributed by atoms with van der Waals surface area (Å²) in [6, 6.07) is 5.36. The van der Waals surface area contributed by atoms with E-state index >= 15 is 0 Å². The highest BCUT2D eigenvalue weighted by atomic mass is 19.1. The molecule has 0 aliphatic carbocycles. The van der Waals surface area contributed by atoms with Crippen LogP contribution in [-0.4, -0.2) is 45.0 Å². The van der Waals surface area contributed by atoms with Crippen LogP contribution in [0.4, 0.5) is 15.9 Å². The Morgan fingerprint density at radius 2 is 2.00 bits per heavy atom. The second-order valence-corrected chi connectivity index (χ2v) is 7.03. The van der Waals surface area contributed by atoms with Crippen molar-refractivity contribution in [3.8, 4) is 0 Å². The second-order valence-electron chi connectivity index (χ2n) is 7.03. The highest BCUT2D eigenvalue weighted by Crippen LogP contribution is 2.25. The van der Waals surface area contributed by atoms with Gasteiger partial charge in [-0.25, -0.2) is 14.4 Å². The molecule has 1 saturated heterocycles. The number of ether oxygens (including phenoxy) is 1. The first-order valence-corrected chi connectivity index (χ1v) is 9.06. The molecule has 0 bridgehead atoms. The van der Waals surface area contributed by atoms with E-state index in [4.69, 9.17) is 4.74 Å². The zero-order valence-corrected chi connectivity index (χ0v) is 15.7. The number of nitrogens with one attached hydrogen (secondary N) is 1. The summed E-state index contributed by atoms with van der Waals surface area (Å²) in [5, 5.41) is 8.29. The van der Waals surface area contributed by atoms with Gasteiger partial charge in [-0.05, 0) is 31.5 Å². The Bertz CT molecular complexity index is 949. The molecule has 1 N–H and O–H groups in total. The molecule has 27 heavy (non-hydrogen) atoms. The zero-order valence-electron chi connectivity index (χ0n) is 15.7. The van der Waals surface area contributed by atoms with Gasteiger partial charge in [0.2, 0.25) is 0 Å². The summed E-state index contributed by atoms with van der Waals surface area (Å²) >= 11 is 0. The molecule has 1 aliphatic rings. The fraction of sp³-hybridized carbons (Fsp3) is 0.421. The van der Waals surface area contributed by atoms with Crippen molar-refractivity contribution in [2.24, 2.45) is 7.05 Å². The van der Waals surface area contributed by atoms with E-state index in [9.17, 15) is 4.39 Å². The normalized spacial score (nSPS) is 20.2. The van der Waals surface area contributed by atoms with Gasteiger partial charge in [0.25, 0.3) is 0 Å². The predicted molar refractivity (Wildman–Crippen MR) is 102 cm³/mol. The summed E-state index contributed by atoms with van der Waals surface area (Å²) in [5.74, 6) is 0.471. The van der Waals surface area contributed by atoms with Gasteiger partial charge in [0, 0.05) is 26.7 Å². The molecule has 1 aromatic carbocycles. The molecule has 2 unspecified atom stereocenters. The van der Waals surface area contributed by atoms with Crippen molar-refractivity contribution in [2.45, 2.75) is 32.6 Å². The zero-order chi connectivity index (χ0) is 19.0. The van der Waals surface area contributed by atoms with E-state index in [1.165, 1.54) is 6.33 Å². The Kier molecular flexibility index (Phi) is 4.65. The third kappa shape index (κ3) is 3.57. The Hall–Kier alpha value is -2.74. The fourth-order valence-electron chi connectivity index (χ4n) is 3.58. The molecular formula is C19H23FN6O. The maximum Gasteiger partial charge on any atom is 0.163 e. The van der Waals surface area contributed by atoms with Gasteiger partial charge in [0.1, 0.15) is 18.0 Å². The Labute approximate surface area is 157 Å². The van der Waals surface area contributed by atoms with Crippen LogP contribution >= 0.6 is 0 Å². The molecule has 3 aromatic rings. The average molecular weight is 370 g/mol. The quantitative estimate of drug-likeness (QED) is 0.762. The first kappa shape index (κ1) is 17.7. The van der Waals surface area contributed by atoms with Gasteiger partial charge in [0.05, 0.1) is 29.5 Å². The third-order valence-corrected chi connectivity index (χ3v) is 4.76. The number of benzene rings is 1. The number of aromatic nitrogens is 4. The van der Waals surface area contributed by atoms with E-state index < -0.39 is 0 Å². The second kappa shape index (κ2) is 7.11. The third-order valence-electron chi connectivity index (χ3n) is 4.76. The van der Waals surface area contributed by atoms with Crippen LogP contribution in [0.2, 0.25) is 0 Å². The van der Waals surface area contributed by atoms with Crippen molar-refractivity contribution in [3.05, 3.63) is 42.1 Å². The number of hydrogen-bond acceptors (Lipinski definition) is 6. The van der Waals surface area contributed by atoms with Crippen molar-refractivity contribution in [1.29, 1.82) is 0 Å². The molecule has 2 atom stereocenters. The van der Waals surface area contributed by atoms with Gasteiger partial charge < -0.3 is 15.0 Å². The maximum absolute atomic E-state index is 14.7. The van der Waals surface area contributed by atoms with Gasteiger partial charge in [-0.1, -0.05) is 6.07 Å². The van der Waals surface area contributed by atoms with Crippen molar-refractivity contribution in [1.82, 2.24) is 19.7 Å². The maximum atomic E-state index is 14.7. The highest BCUT2D eigenvalue weighted by molar-refractivity contribution is 5.85. The molecule has 142 valence electrons. The van der Waals surface area contributed by atoms with Crippen LogP contribution < -0.4 is 10.2 Å². The minimum Gasteiger partial charge on any atom is -0.372 e. The van der Waals surface area contributed by atoms with E-state index in [1.807, 2.05) is 33.0 Å². The van der Waals surface area contributed by atoms with E-state index in [1.54, 1.807) is 16.9 Å². The fourth-order valence-corrected chi connectivity index (χ4v) is 3.58. The van der Waals surface area contributed by atoms with Gasteiger partial charge in [-0.3, -0.25) is 4.68 Å². The lowest BCUT2D eigenvalue weighted by molar-refractivity contribution is -0.00539. The van der Waals surface area contributed by atoms with E-state index in [0.29, 0.717) is 31.1 Å². The molecule has 3 heterocycles. The van der Waals surface area contributed by atoms with Gasteiger partial charge in [-0.2, -0.15) is 5.10 Å². The van der Waals surface area contributed by atoms with Crippen LogP contribution in [0.1, 0.15) is 19.4 Å². The first-order chi connectivity index (χ1) is 13.0. The number of rotatable bonds is 4. The molecule has 7 nitrogen and oxygen atoms in total. The average Bonchev–Trinajstić information content (AvgIpc) is 3.01. The van der Waals surface area contributed by atoms with Crippen LogP contribution in [0.25, 0.3) is 11.0 Å². The lowest BCUT2D eigenvalue weighted by atomic mass is 10.1. The van der Waals surface area contributed by atoms with Crippen molar-refractivity contribution < 1.29 is 9.13 Å². The number of morpholine rings is 1. The Morgan fingerprint density at radius 1 is 1.22 bits per heavy atom. The number of aryl methyl sites for hydroxylation is 1. The topological polar surface area (TPSA) is 68.1 Å². The summed E-state index contributed by atoms with van der Waals surface area (Å²) < 4.78 is 22.1. The minimum absolute atomic E-state index is 0.0918. The van der Waals surface area contributed by atoms with Crippen molar-refractivity contribution in [3.63, 3.8) is 0 Å². The van der Waals surface area contributed by atoms with Crippen LogP contribution in [-0.2, 0) is 18.3 Å². The molecule has 8 heteroatoms. The van der Waals surface area contributed by atoms with Gasteiger partial charge in [-0.15, -0.1) is 0 Å². The van der Waals surface area contributed by atoms with E-state index in [-0.39, 0.29) is 18.0 Å². The molecule has 0 saturated carbocycles. The number of hydrogen-bond donors (Lipinski definition) is 1. The summed E-state index contributed by atoms with van der Waals surface area (Å²) in [4.78, 5) is 10.5. The van der Waals surface area contributed by atoms with Crippen molar-refractivity contribution >= 4 is 22.5 Å². The van der Waals surface area contributed by atoms with Gasteiger partial charge >= 0.3 is 0 Å². The van der Waals surface area contributed by atoms with Crippen LogP contribution in [0, 0.1) is 5.82 Å². The summed E-state index contributed by atoms with van der Waals surface area (Å²) in [5.41, 5.74) is 2.23. The standard InChI is InChI=1S/C19H23FN6O/c1-12-9-26(10-13(2)27-12)17-5-4-14(6-16(17)20)7-21-18-15-8-24-25(3)19(15)23-11-22-18/h4-6,8,11-13H,7,9-10H2,1-3H3,(H,21,22,23). The first-order valence-electron chi connectivity index (χ1n) is 9.06. The molecule has 4 rings (SSSR count). The molecule has 0 spiro atoms. The largest absolute Gasteiger partial charge is 0.372 e. The predicted octanol–water partition coefficient (Wildman–Crippen LogP) is 2.73. The monoisotopic (exact) mass is 370 g/mol. The van der Waals surface area contributed by atoms with E-state index in [2.05, 4.69) is 25.3 Å².